The molecule has 3 atom stereocenters. The molecule has 6 heteroatoms. The summed E-state index contributed by atoms with van der Waals surface area (Å²) in [6, 6.07) is 11.7. The summed E-state index contributed by atoms with van der Waals surface area (Å²) < 4.78 is 5.69. The molecule has 4 rings (SSSR count). The third-order valence-corrected chi connectivity index (χ3v) is 6.61. The van der Waals surface area contributed by atoms with Gasteiger partial charge >= 0.3 is 0 Å². The fraction of sp³-hybridized carbons (Fsp3) is 0.455. The molecule has 28 heavy (non-hydrogen) atoms. The number of hydrogen-bond acceptors (Lipinski definition) is 4. The van der Waals surface area contributed by atoms with Crippen molar-refractivity contribution in [1.82, 2.24) is 4.90 Å². The number of aryl methyl sites for hydroxylation is 1. The van der Waals surface area contributed by atoms with Crippen LogP contribution in [0, 0.1) is 12.8 Å². The van der Waals surface area contributed by atoms with E-state index in [2.05, 4.69) is 0 Å². The van der Waals surface area contributed by atoms with Gasteiger partial charge in [-0.2, -0.15) is 0 Å². The molecule has 2 saturated heterocycles. The lowest BCUT2D eigenvalue weighted by atomic mass is 9.96. The molecular formula is C22H26N2O3S. The first kappa shape index (κ1) is 19.2. The van der Waals surface area contributed by atoms with Crippen LogP contribution in [-0.4, -0.2) is 43.0 Å². The zero-order valence-corrected chi connectivity index (χ0v) is 17.2. The fourth-order valence-corrected chi connectivity index (χ4v) is 5.10. The first-order chi connectivity index (χ1) is 13.5. The standard InChI is InChI=1S/C22H26N2O3S/c1-15-7-9-16(10-8-15)24-20(25)13-18(21(24)19-6-4-12-28-19)22(26)23(2)14-17-5-3-11-27-17/h4,6-10,12,17-18,21H,3,5,11,13-14H2,1-2H3. The van der Waals surface area contributed by atoms with E-state index in [0.29, 0.717) is 6.54 Å². The highest BCUT2D eigenvalue weighted by molar-refractivity contribution is 7.10. The Morgan fingerprint density at radius 2 is 2.07 bits per heavy atom. The molecule has 1 aromatic carbocycles. The first-order valence-corrected chi connectivity index (χ1v) is 10.7. The Morgan fingerprint density at radius 3 is 2.71 bits per heavy atom. The number of thiophene rings is 1. The Labute approximate surface area is 169 Å². The molecule has 2 aliphatic rings. The minimum absolute atomic E-state index is 0.00567. The van der Waals surface area contributed by atoms with E-state index in [4.69, 9.17) is 4.74 Å². The molecular weight excluding hydrogens is 372 g/mol. The second-order valence-corrected chi connectivity index (χ2v) is 8.70. The molecule has 2 aromatic rings. The van der Waals surface area contributed by atoms with Gasteiger partial charge in [-0.15, -0.1) is 11.3 Å². The molecule has 148 valence electrons. The lowest BCUT2D eigenvalue weighted by Gasteiger charge is -2.30. The van der Waals surface area contributed by atoms with Gasteiger partial charge < -0.3 is 14.5 Å². The number of carbonyl (C=O) groups excluding carboxylic acids is 2. The Kier molecular flexibility index (Phi) is 5.51. The monoisotopic (exact) mass is 398 g/mol. The van der Waals surface area contributed by atoms with Gasteiger partial charge in [0, 0.05) is 37.2 Å². The van der Waals surface area contributed by atoms with Crippen LogP contribution < -0.4 is 4.90 Å². The smallest absolute Gasteiger partial charge is 0.228 e. The van der Waals surface area contributed by atoms with Gasteiger partial charge in [0.2, 0.25) is 11.8 Å². The van der Waals surface area contributed by atoms with Gasteiger partial charge in [-0.05, 0) is 43.3 Å². The Bertz CT molecular complexity index is 828. The highest BCUT2D eigenvalue weighted by Gasteiger charge is 2.46. The van der Waals surface area contributed by atoms with Crippen LogP contribution in [0.15, 0.2) is 41.8 Å². The van der Waals surface area contributed by atoms with Crippen molar-refractivity contribution in [3.8, 4) is 0 Å². The maximum Gasteiger partial charge on any atom is 0.228 e. The quantitative estimate of drug-likeness (QED) is 0.770. The van der Waals surface area contributed by atoms with Crippen LogP contribution in [0.4, 0.5) is 5.69 Å². The SMILES string of the molecule is Cc1ccc(N2C(=O)CC(C(=O)N(C)CC3CCCO3)C2c2cccs2)cc1. The third kappa shape index (κ3) is 3.71. The summed E-state index contributed by atoms with van der Waals surface area (Å²) in [5.41, 5.74) is 2.00. The van der Waals surface area contributed by atoms with Crippen LogP contribution in [-0.2, 0) is 14.3 Å². The number of amides is 2. The molecule has 2 aliphatic heterocycles. The van der Waals surface area contributed by atoms with E-state index in [0.717, 1.165) is 35.6 Å². The van der Waals surface area contributed by atoms with Gasteiger partial charge in [-0.3, -0.25) is 9.59 Å². The van der Waals surface area contributed by atoms with Crippen molar-refractivity contribution in [2.75, 3.05) is 25.1 Å². The lowest BCUT2D eigenvalue weighted by Crippen LogP contribution is -2.40. The third-order valence-electron chi connectivity index (χ3n) is 5.66. The van der Waals surface area contributed by atoms with Gasteiger partial charge in [0.25, 0.3) is 0 Å². The second kappa shape index (κ2) is 8.05. The van der Waals surface area contributed by atoms with Crippen molar-refractivity contribution < 1.29 is 14.3 Å². The summed E-state index contributed by atoms with van der Waals surface area (Å²) in [5, 5.41) is 2.00. The molecule has 2 amide bonds. The average Bonchev–Trinajstić information content (AvgIpc) is 3.42. The highest BCUT2D eigenvalue weighted by atomic mass is 32.1. The first-order valence-electron chi connectivity index (χ1n) is 9.83. The van der Waals surface area contributed by atoms with Gasteiger partial charge in [0.1, 0.15) is 0 Å². The minimum atomic E-state index is -0.376. The Hall–Kier alpha value is -2.18. The molecule has 0 saturated carbocycles. The number of nitrogens with zero attached hydrogens (tertiary/aromatic N) is 2. The van der Waals surface area contributed by atoms with Crippen LogP contribution in [0.3, 0.4) is 0 Å². The normalized spacial score (nSPS) is 24.7. The maximum absolute atomic E-state index is 13.3. The molecule has 0 aliphatic carbocycles. The number of ether oxygens (including phenoxy) is 1. The van der Waals surface area contributed by atoms with Crippen molar-refractivity contribution in [1.29, 1.82) is 0 Å². The molecule has 3 heterocycles. The molecule has 1 aromatic heterocycles. The van der Waals surface area contributed by atoms with E-state index in [1.165, 1.54) is 0 Å². The van der Waals surface area contributed by atoms with Gasteiger partial charge in [-0.25, -0.2) is 0 Å². The van der Waals surface area contributed by atoms with Gasteiger partial charge in [-0.1, -0.05) is 23.8 Å². The molecule has 0 N–H and O–H groups in total. The summed E-state index contributed by atoms with van der Waals surface area (Å²) in [6.45, 7) is 3.39. The van der Waals surface area contributed by atoms with Gasteiger partial charge in [0.15, 0.2) is 0 Å². The van der Waals surface area contributed by atoms with Gasteiger partial charge in [0.05, 0.1) is 18.1 Å². The predicted molar refractivity (Wildman–Crippen MR) is 110 cm³/mol. The zero-order chi connectivity index (χ0) is 19.7. The summed E-state index contributed by atoms with van der Waals surface area (Å²) in [4.78, 5) is 30.9. The zero-order valence-electron chi connectivity index (χ0n) is 16.3. The van der Waals surface area contributed by atoms with Crippen LogP contribution in [0.25, 0.3) is 0 Å². The van der Waals surface area contributed by atoms with Crippen LogP contribution in [0.5, 0.6) is 0 Å². The molecule has 0 radical (unpaired) electrons. The largest absolute Gasteiger partial charge is 0.376 e. The van der Waals surface area contributed by atoms with Crippen LogP contribution in [0.1, 0.15) is 35.7 Å². The topological polar surface area (TPSA) is 49.9 Å². The van der Waals surface area contributed by atoms with E-state index < -0.39 is 0 Å². The van der Waals surface area contributed by atoms with E-state index >= 15 is 0 Å². The highest BCUT2D eigenvalue weighted by Crippen LogP contribution is 2.43. The minimum Gasteiger partial charge on any atom is -0.376 e. The van der Waals surface area contributed by atoms with E-state index in [9.17, 15) is 9.59 Å². The van der Waals surface area contributed by atoms with Crippen LogP contribution >= 0.6 is 11.3 Å². The Balaban J connectivity index is 1.61. The van der Waals surface area contributed by atoms with Crippen molar-refractivity contribution in [3.05, 3.63) is 52.2 Å². The fourth-order valence-electron chi connectivity index (χ4n) is 4.22. The molecule has 2 fully saturated rings. The number of carbonyl (C=O) groups is 2. The molecule has 3 unspecified atom stereocenters. The number of hydrogen-bond donors (Lipinski definition) is 0. The molecule has 0 bridgehead atoms. The number of anilines is 1. The second-order valence-electron chi connectivity index (χ2n) is 7.72. The number of benzene rings is 1. The predicted octanol–water partition coefficient (Wildman–Crippen LogP) is 3.79. The van der Waals surface area contributed by atoms with Crippen LogP contribution in [0.2, 0.25) is 0 Å². The average molecular weight is 399 g/mol. The molecule has 0 spiro atoms. The van der Waals surface area contributed by atoms with E-state index in [1.54, 1.807) is 16.2 Å². The van der Waals surface area contributed by atoms with Crippen molar-refractivity contribution in [3.63, 3.8) is 0 Å². The van der Waals surface area contributed by atoms with Crippen molar-refractivity contribution >= 4 is 28.8 Å². The number of rotatable bonds is 5. The summed E-state index contributed by atoms with van der Waals surface area (Å²) in [5.74, 6) is -0.346. The summed E-state index contributed by atoms with van der Waals surface area (Å²) >= 11 is 1.60. The Morgan fingerprint density at radius 1 is 1.29 bits per heavy atom. The lowest BCUT2D eigenvalue weighted by molar-refractivity contribution is -0.136. The van der Waals surface area contributed by atoms with E-state index in [-0.39, 0.29) is 36.3 Å². The van der Waals surface area contributed by atoms with Crippen molar-refractivity contribution in [2.45, 2.75) is 38.3 Å². The van der Waals surface area contributed by atoms with Crippen molar-refractivity contribution in [2.24, 2.45) is 5.92 Å². The van der Waals surface area contributed by atoms with E-state index in [1.807, 2.05) is 60.6 Å². The molecule has 5 nitrogen and oxygen atoms in total. The number of likely N-dealkylation sites (N-methyl/N-ethyl adjacent to an activating group) is 1. The summed E-state index contributed by atoms with van der Waals surface area (Å²) in [7, 11) is 1.83. The summed E-state index contributed by atoms with van der Waals surface area (Å²) in [6.07, 6.45) is 2.39. The maximum atomic E-state index is 13.3.